The molecule has 0 saturated heterocycles. The molecular weight excluding hydrogens is 553 g/mol. The number of ketones is 1. The molecule has 0 heterocycles. The fourth-order valence-electron chi connectivity index (χ4n) is 2.99. The van der Waals surface area contributed by atoms with E-state index in [4.69, 9.17) is 14.5 Å². The Morgan fingerprint density at radius 2 is 1.75 bits per heavy atom. The molecule has 1 aromatic carbocycles. The van der Waals surface area contributed by atoms with Crippen LogP contribution in [-0.2, 0) is 23.9 Å². The first kappa shape index (κ1) is 24.5. The molecule has 7 heteroatoms. The van der Waals surface area contributed by atoms with Crippen molar-refractivity contribution in [3.05, 3.63) is 35.9 Å². The normalized spacial score (nSPS) is 22.0. The Kier molecular flexibility index (Phi) is 10.6. The molecule has 0 aromatic heterocycles. The topological polar surface area (TPSA) is 82.0 Å². The number of Topliss-reactive ketones (excluding diaryl/α,β-unsaturated/α-hetero) is 1. The van der Waals surface area contributed by atoms with E-state index >= 15 is 0 Å². The van der Waals surface area contributed by atoms with Crippen LogP contribution in [0.2, 0.25) is 0 Å². The third kappa shape index (κ3) is 6.22. The van der Waals surface area contributed by atoms with Crippen molar-refractivity contribution in [3.63, 3.8) is 0 Å². The average molecular weight is 582 g/mol. The molecule has 1 saturated carbocycles. The van der Waals surface area contributed by atoms with Gasteiger partial charge in [0.15, 0.2) is 0 Å². The quantitative estimate of drug-likeness (QED) is 0.224. The summed E-state index contributed by atoms with van der Waals surface area (Å²) in [5, 5.41) is 0. The molecule has 1 aromatic rings. The molecule has 6 nitrogen and oxygen atoms in total. The number of carbonyl (C=O) groups is 3. The molecule has 2 rings (SSSR count). The monoisotopic (exact) mass is 582 g/mol. The van der Waals surface area contributed by atoms with Gasteiger partial charge >= 0.3 is 169 Å². The van der Waals surface area contributed by atoms with Gasteiger partial charge in [0.05, 0.1) is 0 Å². The van der Waals surface area contributed by atoms with Crippen molar-refractivity contribution < 1.29 is 23.9 Å². The van der Waals surface area contributed by atoms with Gasteiger partial charge in [0.1, 0.15) is 0 Å². The third-order valence-electron chi connectivity index (χ3n) is 4.32. The van der Waals surface area contributed by atoms with Gasteiger partial charge in [-0.15, -0.1) is 0 Å². The van der Waals surface area contributed by atoms with Gasteiger partial charge < -0.3 is 0 Å². The fourth-order valence-corrected chi connectivity index (χ4v) is 4.47. The van der Waals surface area contributed by atoms with Crippen LogP contribution >= 0.6 is 0 Å². The number of hydrogen-bond donors (Lipinski definition) is 0. The van der Waals surface area contributed by atoms with Crippen LogP contribution in [0.5, 0.6) is 0 Å². The van der Waals surface area contributed by atoms with E-state index in [1.54, 1.807) is 13.8 Å². The third-order valence-corrected chi connectivity index (χ3v) is 5.87. The molecule has 0 spiro atoms. The van der Waals surface area contributed by atoms with Gasteiger partial charge in [-0.25, -0.2) is 0 Å². The molecule has 0 amide bonds. The number of carbonyl (C=O) groups excluding carboxylic acids is 3. The minimum atomic E-state index is -1.21. The summed E-state index contributed by atoms with van der Waals surface area (Å²) in [6, 6.07) is 9.59. The predicted molar refractivity (Wildman–Crippen MR) is 108 cm³/mol. The van der Waals surface area contributed by atoms with Crippen LogP contribution in [-0.4, -0.2) is 65.5 Å². The molecule has 1 aliphatic rings. The average Bonchev–Trinajstić information content (AvgIpc) is 2.72. The Labute approximate surface area is 182 Å². The van der Waals surface area contributed by atoms with Crippen LogP contribution in [0, 0.1) is 5.92 Å². The van der Waals surface area contributed by atoms with Gasteiger partial charge in [-0.3, -0.25) is 0 Å². The molecule has 0 aliphatic heterocycles. The van der Waals surface area contributed by atoms with Gasteiger partial charge in [-0.05, 0) is 0 Å². The summed E-state index contributed by atoms with van der Waals surface area (Å²) in [6.07, 6.45) is 0.358. The summed E-state index contributed by atoms with van der Waals surface area (Å²) in [5.41, 5.74) is -0.277. The van der Waals surface area contributed by atoms with Gasteiger partial charge in [0.25, 0.3) is 0 Å². The Bertz CT molecular complexity index is 704. The fraction of sp³-hybridized carbons (Fsp3) is 0.524. The Balaban J connectivity index is 0.00000190. The van der Waals surface area contributed by atoms with E-state index in [2.05, 4.69) is 0 Å². The summed E-state index contributed by atoms with van der Waals surface area (Å²) in [6.45, 7) is 7.82. The number of benzene rings is 1. The Hall–Kier alpha value is -1.58. The number of aliphatic imine (C=N–C) groups is 1. The van der Waals surface area contributed by atoms with E-state index in [1.807, 2.05) is 44.2 Å². The van der Waals surface area contributed by atoms with Gasteiger partial charge in [0, 0.05) is 0 Å². The van der Waals surface area contributed by atoms with Crippen molar-refractivity contribution in [3.8, 4) is 0 Å². The van der Waals surface area contributed by atoms with Crippen molar-refractivity contribution in [2.75, 3.05) is 13.2 Å². The number of ether oxygens (including phenoxy) is 2. The van der Waals surface area contributed by atoms with Crippen molar-refractivity contribution in [2.24, 2.45) is 10.9 Å². The molecule has 1 fully saturated rings. The second-order valence-corrected chi connectivity index (χ2v) is 7.89. The molecule has 28 heavy (non-hydrogen) atoms. The molecule has 0 bridgehead atoms. The molecule has 2 atom stereocenters. The maximum absolute atomic E-state index is 12.7. The molecule has 151 valence electrons. The first-order valence-electron chi connectivity index (χ1n) is 9.67. The van der Waals surface area contributed by atoms with E-state index in [0.717, 1.165) is 8.83 Å². The molecule has 2 unspecified atom stereocenters. The standard InChI is InChI=1S/C19H22NO5.C2H6.Pb/c1-3-24-17(22)15-12-19(11-10-16(15)21,18(23)25-4-2)20-13-14-8-6-5-7-9-14;1-2;/h5-9,15H,3-4,10-12H2,1-2H3;1-2H3;. The van der Waals surface area contributed by atoms with E-state index in [1.165, 1.54) is 0 Å². The Morgan fingerprint density at radius 3 is 2.32 bits per heavy atom. The second-order valence-electron chi connectivity index (χ2n) is 6.05. The molecule has 3 radical (unpaired) electrons. The number of rotatable bonds is 6. The summed E-state index contributed by atoms with van der Waals surface area (Å²) >= 11 is 0.620. The summed E-state index contributed by atoms with van der Waals surface area (Å²) in [4.78, 5) is 41.9. The zero-order chi connectivity index (χ0) is 21.2. The van der Waals surface area contributed by atoms with Gasteiger partial charge in [0.2, 0.25) is 0 Å². The number of nitrogens with zero attached hydrogens (tertiary/aromatic N) is 1. The van der Waals surface area contributed by atoms with Crippen molar-refractivity contribution in [1.82, 2.24) is 0 Å². The van der Waals surface area contributed by atoms with Gasteiger partial charge in [-0.1, -0.05) is 13.8 Å². The second kappa shape index (κ2) is 12.1. The molecule has 1 aliphatic carbocycles. The predicted octanol–water partition coefficient (Wildman–Crippen LogP) is 2.86. The first-order chi connectivity index (χ1) is 13.4. The van der Waals surface area contributed by atoms with E-state index in [0.29, 0.717) is 25.8 Å². The molecular formula is C21H28NO5Pb. The Morgan fingerprint density at radius 1 is 1.14 bits per heavy atom. The minimum absolute atomic E-state index is 0.00206. The van der Waals surface area contributed by atoms with Crippen LogP contribution in [0.15, 0.2) is 35.3 Å². The number of hydrogen-bond acceptors (Lipinski definition) is 6. The van der Waals surface area contributed by atoms with Crippen LogP contribution in [0.4, 0.5) is 0 Å². The summed E-state index contributed by atoms with van der Waals surface area (Å²) in [7, 11) is 0. The summed E-state index contributed by atoms with van der Waals surface area (Å²) in [5.74, 6) is -2.24. The SMILES string of the molecule is CC.CCOC(=O)C1CC(N=[C]([Pb])c2ccccc2)(C(=O)OCC)CCC1=O. The maximum atomic E-state index is 12.7. The van der Waals surface area contributed by atoms with Crippen molar-refractivity contribution >= 4 is 46.8 Å². The van der Waals surface area contributed by atoms with Crippen LogP contribution < -0.4 is 0 Å². The zero-order valence-electron chi connectivity index (χ0n) is 17.0. The van der Waals surface area contributed by atoms with Crippen LogP contribution in [0.1, 0.15) is 52.5 Å². The number of esters is 2. The first-order valence-corrected chi connectivity index (χ1v) is 11.6. The van der Waals surface area contributed by atoms with Crippen molar-refractivity contribution in [1.29, 1.82) is 0 Å². The molecule has 0 N–H and O–H groups in total. The van der Waals surface area contributed by atoms with Crippen molar-refractivity contribution in [2.45, 2.75) is 52.5 Å². The van der Waals surface area contributed by atoms with Crippen LogP contribution in [0.25, 0.3) is 0 Å². The van der Waals surface area contributed by atoms with E-state index in [9.17, 15) is 14.4 Å². The van der Waals surface area contributed by atoms with E-state index < -0.39 is 23.4 Å². The van der Waals surface area contributed by atoms with E-state index in [-0.39, 0.29) is 38.3 Å². The zero-order valence-corrected chi connectivity index (χ0v) is 20.9. The van der Waals surface area contributed by atoms with Gasteiger partial charge in [-0.2, -0.15) is 0 Å². The summed E-state index contributed by atoms with van der Waals surface area (Å²) < 4.78 is 11.1. The van der Waals surface area contributed by atoms with Crippen LogP contribution in [0.3, 0.4) is 0 Å².